The molecule has 0 heterocycles. The third-order valence-electron chi connectivity index (χ3n) is 1.94. The van der Waals surface area contributed by atoms with E-state index < -0.39 is 11.4 Å². The maximum Gasteiger partial charge on any atom is 0.241 e. The predicted molar refractivity (Wildman–Crippen MR) is 52.2 cm³/mol. The van der Waals surface area contributed by atoms with E-state index in [0.717, 1.165) is 0 Å². The van der Waals surface area contributed by atoms with E-state index in [1.54, 1.807) is 31.2 Å². The molecule has 0 aliphatic rings. The molecule has 70 valence electrons. The van der Waals surface area contributed by atoms with E-state index in [9.17, 15) is 4.79 Å². The van der Waals surface area contributed by atoms with Gasteiger partial charge < -0.3 is 11.5 Å². The Bertz CT molecular complexity index is 336. The minimum atomic E-state index is -1.16. The summed E-state index contributed by atoms with van der Waals surface area (Å²) in [5.41, 5.74) is 10.3. The molecule has 1 aromatic carbocycles. The molecule has 1 atom stereocenters. The summed E-state index contributed by atoms with van der Waals surface area (Å²) in [4.78, 5) is 11.0. The van der Waals surface area contributed by atoms with Crippen molar-refractivity contribution in [2.24, 2.45) is 11.5 Å². The van der Waals surface area contributed by atoms with Crippen molar-refractivity contribution in [2.45, 2.75) is 12.5 Å². The monoisotopic (exact) mass is 198 g/mol. The van der Waals surface area contributed by atoms with Crippen LogP contribution in [0.25, 0.3) is 0 Å². The number of hydrogen-bond donors (Lipinski definition) is 2. The third kappa shape index (κ3) is 1.99. The Labute approximate surface area is 81.7 Å². The van der Waals surface area contributed by atoms with Gasteiger partial charge in [0.1, 0.15) is 5.54 Å². The van der Waals surface area contributed by atoms with Gasteiger partial charge in [-0.15, -0.1) is 0 Å². The van der Waals surface area contributed by atoms with Crippen LogP contribution in [0.15, 0.2) is 24.3 Å². The molecule has 4 heteroatoms. The lowest BCUT2D eigenvalue weighted by Crippen LogP contribution is -2.46. The second-order valence-corrected chi connectivity index (χ2v) is 3.51. The van der Waals surface area contributed by atoms with Crippen molar-refractivity contribution in [3.63, 3.8) is 0 Å². The van der Waals surface area contributed by atoms with Crippen molar-refractivity contribution in [2.75, 3.05) is 0 Å². The molecular weight excluding hydrogens is 188 g/mol. The highest BCUT2D eigenvalue weighted by Gasteiger charge is 2.27. The van der Waals surface area contributed by atoms with Crippen LogP contribution in [-0.2, 0) is 10.3 Å². The molecule has 0 saturated carbocycles. The van der Waals surface area contributed by atoms with Gasteiger partial charge in [-0.05, 0) is 24.6 Å². The highest BCUT2D eigenvalue weighted by Crippen LogP contribution is 2.20. The Kier molecular flexibility index (Phi) is 2.59. The Hall–Kier alpha value is -1.06. The summed E-state index contributed by atoms with van der Waals surface area (Å²) in [5, 5.41) is 0.537. The predicted octanol–water partition coefficient (Wildman–Crippen LogP) is 0.999. The first-order valence-electron chi connectivity index (χ1n) is 3.79. The minimum absolute atomic E-state index is 0.537. The van der Waals surface area contributed by atoms with Crippen LogP contribution >= 0.6 is 11.6 Å². The average Bonchev–Trinajstić information content (AvgIpc) is 2.04. The van der Waals surface area contributed by atoms with Crippen LogP contribution in [0, 0.1) is 0 Å². The van der Waals surface area contributed by atoms with Crippen molar-refractivity contribution in [1.82, 2.24) is 0 Å². The van der Waals surface area contributed by atoms with Crippen molar-refractivity contribution >= 4 is 17.5 Å². The Morgan fingerprint density at radius 1 is 1.54 bits per heavy atom. The third-order valence-corrected chi connectivity index (χ3v) is 2.17. The van der Waals surface area contributed by atoms with E-state index in [1.165, 1.54) is 0 Å². The molecular formula is C9H11ClN2O. The molecule has 0 unspecified atom stereocenters. The summed E-state index contributed by atoms with van der Waals surface area (Å²) in [5.74, 6) is -0.574. The zero-order valence-electron chi connectivity index (χ0n) is 7.25. The molecule has 0 fully saturated rings. The number of nitrogens with two attached hydrogens (primary N) is 2. The molecule has 0 aromatic heterocycles. The Balaban J connectivity index is 3.14. The molecule has 13 heavy (non-hydrogen) atoms. The molecule has 1 aromatic rings. The molecule has 0 aliphatic heterocycles. The van der Waals surface area contributed by atoms with Gasteiger partial charge in [0.2, 0.25) is 5.91 Å². The van der Waals surface area contributed by atoms with Gasteiger partial charge in [-0.2, -0.15) is 0 Å². The number of halogens is 1. The molecule has 0 bridgehead atoms. The van der Waals surface area contributed by atoms with Gasteiger partial charge in [0.15, 0.2) is 0 Å². The summed E-state index contributed by atoms with van der Waals surface area (Å²) >= 11 is 5.75. The zero-order valence-corrected chi connectivity index (χ0v) is 8.01. The van der Waals surface area contributed by atoms with Crippen molar-refractivity contribution in [1.29, 1.82) is 0 Å². The van der Waals surface area contributed by atoms with Crippen LogP contribution < -0.4 is 11.5 Å². The summed E-state index contributed by atoms with van der Waals surface area (Å²) in [7, 11) is 0. The minimum Gasteiger partial charge on any atom is -0.368 e. The first kappa shape index (κ1) is 10.0. The second-order valence-electron chi connectivity index (χ2n) is 3.08. The number of hydrogen-bond acceptors (Lipinski definition) is 2. The first-order valence-corrected chi connectivity index (χ1v) is 4.17. The van der Waals surface area contributed by atoms with Crippen LogP contribution in [0.3, 0.4) is 0 Å². The number of carbonyl (C=O) groups is 1. The lowest BCUT2D eigenvalue weighted by molar-refractivity contribution is -0.122. The van der Waals surface area contributed by atoms with Gasteiger partial charge in [0.05, 0.1) is 0 Å². The van der Waals surface area contributed by atoms with Crippen LogP contribution in [-0.4, -0.2) is 5.91 Å². The summed E-state index contributed by atoms with van der Waals surface area (Å²) in [6.07, 6.45) is 0. The first-order chi connectivity index (χ1) is 5.94. The standard InChI is InChI=1S/C9H11ClN2O/c1-9(12,8(11)13)6-3-2-4-7(10)5-6/h2-5H,12H2,1H3,(H2,11,13)/t9-/m0/s1. The molecule has 0 saturated heterocycles. The quantitative estimate of drug-likeness (QED) is 0.745. The van der Waals surface area contributed by atoms with Crippen LogP contribution in [0.5, 0.6) is 0 Å². The van der Waals surface area contributed by atoms with Crippen molar-refractivity contribution < 1.29 is 4.79 Å². The topological polar surface area (TPSA) is 69.1 Å². The van der Waals surface area contributed by atoms with E-state index in [1.807, 2.05) is 0 Å². The maximum absolute atomic E-state index is 11.0. The lowest BCUT2D eigenvalue weighted by Gasteiger charge is -2.20. The Morgan fingerprint density at radius 3 is 2.62 bits per heavy atom. The van der Waals surface area contributed by atoms with Crippen molar-refractivity contribution in [3.05, 3.63) is 34.9 Å². The number of amides is 1. The highest BCUT2D eigenvalue weighted by molar-refractivity contribution is 6.30. The fourth-order valence-electron chi connectivity index (χ4n) is 0.954. The number of benzene rings is 1. The lowest BCUT2D eigenvalue weighted by atomic mass is 9.93. The summed E-state index contributed by atoms with van der Waals surface area (Å²) in [6, 6.07) is 6.79. The molecule has 0 aliphatic carbocycles. The van der Waals surface area contributed by atoms with E-state index in [0.29, 0.717) is 10.6 Å². The molecule has 0 radical (unpaired) electrons. The number of carbonyl (C=O) groups excluding carboxylic acids is 1. The van der Waals surface area contributed by atoms with E-state index >= 15 is 0 Å². The number of primary amides is 1. The van der Waals surface area contributed by atoms with E-state index in [4.69, 9.17) is 23.1 Å². The smallest absolute Gasteiger partial charge is 0.241 e. The van der Waals surface area contributed by atoms with Gasteiger partial charge in [0, 0.05) is 5.02 Å². The van der Waals surface area contributed by atoms with Crippen LogP contribution in [0.2, 0.25) is 5.02 Å². The molecule has 1 amide bonds. The molecule has 4 N–H and O–H groups in total. The fourth-order valence-corrected chi connectivity index (χ4v) is 1.14. The largest absolute Gasteiger partial charge is 0.368 e. The van der Waals surface area contributed by atoms with Crippen molar-refractivity contribution in [3.8, 4) is 0 Å². The molecule has 3 nitrogen and oxygen atoms in total. The second kappa shape index (κ2) is 3.36. The summed E-state index contributed by atoms with van der Waals surface area (Å²) < 4.78 is 0. The average molecular weight is 199 g/mol. The van der Waals surface area contributed by atoms with Gasteiger partial charge >= 0.3 is 0 Å². The van der Waals surface area contributed by atoms with Gasteiger partial charge in [-0.1, -0.05) is 23.7 Å². The maximum atomic E-state index is 11.0. The van der Waals surface area contributed by atoms with Gasteiger partial charge in [0.25, 0.3) is 0 Å². The molecule has 1 rings (SSSR count). The normalized spacial score (nSPS) is 15.0. The van der Waals surface area contributed by atoms with E-state index in [2.05, 4.69) is 0 Å². The summed E-state index contributed by atoms with van der Waals surface area (Å²) in [6.45, 7) is 1.56. The Morgan fingerprint density at radius 2 is 2.15 bits per heavy atom. The SMILES string of the molecule is C[C@@](N)(C(N)=O)c1cccc(Cl)c1. The van der Waals surface area contributed by atoms with Gasteiger partial charge in [-0.25, -0.2) is 0 Å². The van der Waals surface area contributed by atoms with Gasteiger partial charge in [-0.3, -0.25) is 4.79 Å². The van der Waals surface area contributed by atoms with E-state index in [-0.39, 0.29) is 0 Å². The highest BCUT2D eigenvalue weighted by atomic mass is 35.5. The zero-order chi connectivity index (χ0) is 10.1. The number of rotatable bonds is 2. The van der Waals surface area contributed by atoms with Crippen LogP contribution in [0.4, 0.5) is 0 Å². The van der Waals surface area contributed by atoms with Crippen LogP contribution in [0.1, 0.15) is 12.5 Å². The fraction of sp³-hybridized carbons (Fsp3) is 0.222. The molecule has 0 spiro atoms.